The molecule has 204 valence electrons. The molecule has 1 saturated heterocycles. The number of fused-ring (bicyclic) bond motifs is 1. The molecule has 2 heterocycles. The molecule has 0 atom stereocenters. The van der Waals surface area contributed by atoms with E-state index in [9.17, 15) is 4.79 Å². The number of hydrogen-bond acceptors (Lipinski definition) is 5. The predicted molar refractivity (Wildman–Crippen MR) is 148 cm³/mol. The van der Waals surface area contributed by atoms with Crippen molar-refractivity contribution in [1.82, 2.24) is 15.4 Å². The van der Waals surface area contributed by atoms with Crippen molar-refractivity contribution in [3.05, 3.63) is 28.9 Å². The van der Waals surface area contributed by atoms with Crippen LogP contribution in [-0.4, -0.2) is 55.4 Å². The van der Waals surface area contributed by atoms with E-state index in [-0.39, 0.29) is 5.91 Å². The van der Waals surface area contributed by atoms with Crippen molar-refractivity contribution in [2.24, 2.45) is 17.8 Å². The number of nitrogens with one attached hydrogen (secondary N) is 1. The van der Waals surface area contributed by atoms with Gasteiger partial charge in [-0.3, -0.25) is 4.79 Å². The lowest BCUT2D eigenvalue weighted by Crippen LogP contribution is -2.39. The number of halogens is 1. The van der Waals surface area contributed by atoms with Crippen LogP contribution in [0, 0.1) is 17.8 Å². The van der Waals surface area contributed by atoms with E-state index < -0.39 is 0 Å². The molecular weight excluding hydrogens is 486 g/mol. The van der Waals surface area contributed by atoms with Gasteiger partial charge < -0.3 is 19.5 Å². The molecule has 0 bridgehead atoms. The van der Waals surface area contributed by atoms with Crippen molar-refractivity contribution < 1.29 is 14.1 Å². The Morgan fingerprint density at radius 3 is 2.46 bits per heavy atom. The zero-order chi connectivity index (χ0) is 25.6. The molecule has 1 aromatic carbocycles. The number of ether oxygens (including phenoxy) is 1. The van der Waals surface area contributed by atoms with Crippen LogP contribution in [-0.2, 0) is 9.53 Å². The Labute approximate surface area is 226 Å². The molecule has 1 amide bonds. The molecule has 2 saturated carbocycles. The van der Waals surface area contributed by atoms with Crippen molar-refractivity contribution >= 4 is 28.5 Å². The number of rotatable bonds is 9. The highest BCUT2D eigenvalue weighted by atomic mass is 35.5. The monoisotopic (exact) mass is 529 g/mol. The SMILES string of the molecule is COC[C@H]1CC[C@H](CC(=O)N[C@H]2CC[C@H](CCN3CCC(c4noc5cc(Cl)ccc45)CC3)CC2)CC1. The van der Waals surface area contributed by atoms with Gasteiger partial charge in [0, 0.05) is 48.6 Å². The first kappa shape index (κ1) is 27.0. The number of methoxy groups -OCH3 is 1. The maximum atomic E-state index is 12.6. The van der Waals surface area contributed by atoms with E-state index >= 15 is 0 Å². The van der Waals surface area contributed by atoms with Crippen molar-refractivity contribution in [1.29, 1.82) is 0 Å². The minimum atomic E-state index is 0.282. The molecule has 1 aromatic heterocycles. The lowest BCUT2D eigenvalue weighted by atomic mass is 9.80. The van der Waals surface area contributed by atoms with Crippen LogP contribution < -0.4 is 5.32 Å². The van der Waals surface area contributed by atoms with Gasteiger partial charge in [-0.1, -0.05) is 16.8 Å². The number of piperidine rings is 1. The van der Waals surface area contributed by atoms with E-state index in [2.05, 4.69) is 15.4 Å². The van der Waals surface area contributed by atoms with Crippen molar-refractivity contribution in [3.8, 4) is 0 Å². The standard InChI is InChI=1S/C30H44ClN3O3/c1-36-20-23-4-2-22(3-5-23)18-29(35)32-26-9-6-21(7-10-26)12-15-34-16-13-24(14-17-34)30-27-11-8-25(31)19-28(27)37-33-30/h8,11,19,21-24,26H,2-7,9-10,12-18,20H2,1H3,(H,32,35)/t21-,22-,23-,26-. The third-order valence-corrected chi connectivity index (χ3v) is 9.58. The number of amides is 1. The molecule has 1 N–H and O–H groups in total. The van der Waals surface area contributed by atoms with Crippen LogP contribution in [0.5, 0.6) is 0 Å². The van der Waals surface area contributed by atoms with Crippen molar-refractivity contribution in [2.75, 3.05) is 33.4 Å². The lowest BCUT2D eigenvalue weighted by Gasteiger charge is -2.34. The minimum absolute atomic E-state index is 0.282. The molecule has 1 aliphatic heterocycles. The largest absolute Gasteiger partial charge is 0.384 e. The molecule has 3 fully saturated rings. The second-order valence-electron chi connectivity index (χ2n) is 11.9. The van der Waals surface area contributed by atoms with Crippen LogP contribution in [0.2, 0.25) is 5.02 Å². The number of likely N-dealkylation sites (tertiary alicyclic amines) is 1. The lowest BCUT2D eigenvalue weighted by molar-refractivity contribution is -0.123. The number of aromatic nitrogens is 1. The molecule has 6 nitrogen and oxygen atoms in total. The molecule has 37 heavy (non-hydrogen) atoms. The van der Waals surface area contributed by atoms with Crippen LogP contribution in [0.15, 0.2) is 22.7 Å². The molecule has 7 heteroatoms. The first-order chi connectivity index (χ1) is 18.1. The average Bonchev–Trinajstić information content (AvgIpc) is 3.33. The minimum Gasteiger partial charge on any atom is -0.384 e. The number of nitrogens with zero attached hydrogens (tertiary/aromatic N) is 2. The maximum absolute atomic E-state index is 12.6. The normalized spacial score (nSPS) is 27.9. The predicted octanol–water partition coefficient (Wildman–Crippen LogP) is 6.57. The van der Waals surface area contributed by atoms with Crippen LogP contribution in [0.25, 0.3) is 11.0 Å². The summed E-state index contributed by atoms with van der Waals surface area (Å²) in [5, 5.41) is 9.56. The van der Waals surface area contributed by atoms with Crippen LogP contribution in [0.1, 0.15) is 88.7 Å². The van der Waals surface area contributed by atoms with Gasteiger partial charge in [0.05, 0.1) is 5.69 Å². The Hall–Kier alpha value is -1.63. The van der Waals surface area contributed by atoms with Gasteiger partial charge in [-0.25, -0.2) is 0 Å². The van der Waals surface area contributed by atoms with Gasteiger partial charge in [0.15, 0.2) is 5.58 Å². The zero-order valence-corrected chi connectivity index (χ0v) is 23.2. The molecule has 2 aliphatic carbocycles. The Bertz CT molecular complexity index is 1000. The number of benzene rings is 1. The van der Waals surface area contributed by atoms with Crippen LogP contribution in [0.3, 0.4) is 0 Å². The first-order valence-electron chi connectivity index (χ1n) is 14.6. The van der Waals surface area contributed by atoms with Gasteiger partial charge in [0.1, 0.15) is 0 Å². The Balaban J connectivity index is 0.963. The number of carbonyl (C=O) groups is 1. The van der Waals surface area contributed by atoms with E-state index in [4.69, 9.17) is 20.9 Å². The van der Waals surface area contributed by atoms with E-state index in [1.54, 1.807) is 7.11 Å². The molecule has 2 aromatic rings. The van der Waals surface area contributed by atoms with E-state index in [1.807, 2.05) is 18.2 Å². The molecular formula is C30H44ClN3O3. The second-order valence-corrected chi connectivity index (χ2v) is 12.4. The highest BCUT2D eigenvalue weighted by Gasteiger charge is 2.28. The number of hydrogen-bond donors (Lipinski definition) is 1. The Morgan fingerprint density at radius 1 is 1.03 bits per heavy atom. The maximum Gasteiger partial charge on any atom is 0.220 e. The fourth-order valence-corrected chi connectivity index (χ4v) is 7.16. The van der Waals surface area contributed by atoms with Gasteiger partial charge in [0.25, 0.3) is 0 Å². The molecule has 0 unspecified atom stereocenters. The van der Waals surface area contributed by atoms with E-state index in [1.165, 1.54) is 51.5 Å². The summed E-state index contributed by atoms with van der Waals surface area (Å²) in [6.07, 6.45) is 13.8. The quantitative estimate of drug-likeness (QED) is 0.398. The smallest absolute Gasteiger partial charge is 0.220 e. The number of carbonyl (C=O) groups excluding carboxylic acids is 1. The molecule has 0 spiro atoms. The zero-order valence-electron chi connectivity index (χ0n) is 22.4. The average molecular weight is 530 g/mol. The van der Waals surface area contributed by atoms with Gasteiger partial charge >= 0.3 is 0 Å². The van der Waals surface area contributed by atoms with Crippen LogP contribution in [0.4, 0.5) is 0 Å². The highest BCUT2D eigenvalue weighted by Crippen LogP contribution is 2.35. The summed E-state index contributed by atoms with van der Waals surface area (Å²) in [6, 6.07) is 6.22. The van der Waals surface area contributed by atoms with Crippen molar-refractivity contribution in [3.63, 3.8) is 0 Å². The Morgan fingerprint density at radius 2 is 1.73 bits per heavy atom. The van der Waals surface area contributed by atoms with E-state index in [0.717, 1.165) is 68.0 Å². The summed E-state index contributed by atoms with van der Waals surface area (Å²) in [7, 11) is 1.79. The van der Waals surface area contributed by atoms with Crippen molar-refractivity contribution in [2.45, 2.75) is 89.0 Å². The topological polar surface area (TPSA) is 67.6 Å². The van der Waals surface area contributed by atoms with E-state index in [0.29, 0.717) is 35.2 Å². The summed E-state index contributed by atoms with van der Waals surface area (Å²) in [5.41, 5.74) is 1.90. The summed E-state index contributed by atoms with van der Waals surface area (Å²) in [5.74, 6) is 2.81. The summed E-state index contributed by atoms with van der Waals surface area (Å²) >= 11 is 6.09. The third kappa shape index (κ3) is 7.27. The fraction of sp³-hybridized carbons (Fsp3) is 0.733. The Kier molecular flexibility index (Phi) is 9.43. The molecule has 0 radical (unpaired) electrons. The van der Waals surface area contributed by atoms with Crippen LogP contribution >= 0.6 is 11.6 Å². The highest BCUT2D eigenvalue weighted by molar-refractivity contribution is 6.31. The van der Waals surface area contributed by atoms with Gasteiger partial charge in [-0.2, -0.15) is 0 Å². The summed E-state index contributed by atoms with van der Waals surface area (Å²) in [6.45, 7) is 4.32. The molecule has 5 rings (SSSR count). The second kappa shape index (κ2) is 12.9. The van der Waals surface area contributed by atoms with Gasteiger partial charge in [-0.05, 0) is 120 Å². The molecule has 3 aliphatic rings. The first-order valence-corrected chi connectivity index (χ1v) is 15.0. The third-order valence-electron chi connectivity index (χ3n) is 9.34. The summed E-state index contributed by atoms with van der Waals surface area (Å²) < 4.78 is 10.8. The van der Waals surface area contributed by atoms with Gasteiger partial charge in [0.2, 0.25) is 5.91 Å². The van der Waals surface area contributed by atoms with Gasteiger partial charge in [-0.15, -0.1) is 0 Å². The summed E-state index contributed by atoms with van der Waals surface area (Å²) in [4.78, 5) is 15.3. The fourth-order valence-electron chi connectivity index (χ4n) is 7.00.